The van der Waals surface area contributed by atoms with Crippen molar-refractivity contribution in [1.82, 2.24) is 0 Å². The first-order valence-corrected chi connectivity index (χ1v) is 8.24. The second kappa shape index (κ2) is 8.33. The van der Waals surface area contributed by atoms with Gasteiger partial charge in [0.1, 0.15) is 5.75 Å². The summed E-state index contributed by atoms with van der Waals surface area (Å²) in [6.07, 6.45) is 0.749. The van der Waals surface area contributed by atoms with Crippen LogP contribution >= 0.6 is 0 Å². The number of primary sulfonamides is 1. The Balaban J connectivity index is 2.51. The summed E-state index contributed by atoms with van der Waals surface area (Å²) in [5.41, 5.74) is 1.17. The maximum absolute atomic E-state index is 11.5. The zero-order valence-corrected chi connectivity index (χ0v) is 13.5. The van der Waals surface area contributed by atoms with E-state index in [1.807, 2.05) is 0 Å². The van der Waals surface area contributed by atoms with E-state index in [2.05, 4.69) is 0 Å². The minimum Gasteiger partial charge on any atom is -0.493 e. The van der Waals surface area contributed by atoms with Gasteiger partial charge < -0.3 is 14.2 Å². The number of sulfonamides is 1. The number of nitrogens with two attached hydrogens (primary N) is 1. The molecule has 0 amide bonds. The zero-order chi connectivity index (χ0) is 15.9. The van der Waals surface area contributed by atoms with Crippen LogP contribution in [0.1, 0.15) is 17.5 Å². The van der Waals surface area contributed by atoms with E-state index in [0.29, 0.717) is 43.3 Å². The van der Waals surface area contributed by atoms with Crippen LogP contribution in [0, 0.1) is 13.8 Å². The third kappa shape index (κ3) is 6.01. The Morgan fingerprint density at radius 2 is 1.67 bits per heavy atom. The first-order valence-electron chi connectivity index (χ1n) is 6.69. The van der Waals surface area contributed by atoms with Crippen LogP contribution in [-0.2, 0) is 19.5 Å². The molecular weight excluding hydrogens is 294 g/mol. The number of methoxy groups -OCH3 is 1. The molecule has 1 aromatic rings. The van der Waals surface area contributed by atoms with Gasteiger partial charge in [0.2, 0.25) is 10.0 Å². The van der Waals surface area contributed by atoms with Crippen LogP contribution in [0.25, 0.3) is 0 Å². The van der Waals surface area contributed by atoms with Crippen molar-refractivity contribution in [2.75, 3.05) is 33.5 Å². The Morgan fingerprint density at radius 1 is 1.05 bits per heavy atom. The molecule has 0 bridgehead atoms. The third-order valence-electron chi connectivity index (χ3n) is 2.85. The average molecular weight is 317 g/mol. The van der Waals surface area contributed by atoms with Crippen molar-refractivity contribution in [3.05, 3.63) is 23.3 Å². The Morgan fingerprint density at radius 3 is 2.19 bits per heavy atom. The molecule has 0 aliphatic rings. The quantitative estimate of drug-likeness (QED) is 0.695. The van der Waals surface area contributed by atoms with Crippen LogP contribution < -0.4 is 9.88 Å². The first kappa shape index (κ1) is 17.9. The maximum atomic E-state index is 11.5. The molecule has 0 aliphatic carbocycles. The highest BCUT2D eigenvalue weighted by Gasteiger charge is 2.16. The molecule has 2 N–H and O–H groups in total. The fourth-order valence-corrected chi connectivity index (χ4v) is 3.05. The Labute approximate surface area is 126 Å². The van der Waals surface area contributed by atoms with Crippen LogP contribution in [0.3, 0.4) is 0 Å². The van der Waals surface area contributed by atoms with Crippen molar-refractivity contribution in [3.63, 3.8) is 0 Å². The van der Waals surface area contributed by atoms with E-state index in [-0.39, 0.29) is 4.90 Å². The van der Waals surface area contributed by atoms with Gasteiger partial charge >= 0.3 is 0 Å². The summed E-state index contributed by atoms with van der Waals surface area (Å²) in [6, 6.07) is 3.36. The van der Waals surface area contributed by atoms with Gasteiger partial charge in [0.15, 0.2) is 0 Å². The highest BCUT2D eigenvalue weighted by Crippen LogP contribution is 2.24. The summed E-state index contributed by atoms with van der Waals surface area (Å²) in [6.45, 7) is 5.64. The van der Waals surface area contributed by atoms with Crippen molar-refractivity contribution < 1.29 is 22.6 Å². The molecule has 0 saturated heterocycles. The predicted octanol–water partition coefficient (Wildman–Crippen LogP) is 1.38. The molecule has 1 rings (SSSR count). The Bertz CT molecular complexity index is 533. The van der Waals surface area contributed by atoms with Gasteiger partial charge in [-0.1, -0.05) is 0 Å². The molecule has 0 heterocycles. The van der Waals surface area contributed by atoms with Gasteiger partial charge in [0.05, 0.1) is 24.7 Å². The number of hydrogen-bond donors (Lipinski definition) is 1. The monoisotopic (exact) mass is 317 g/mol. The summed E-state index contributed by atoms with van der Waals surface area (Å²) in [5, 5.41) is 5.19. The fourth-order valence-electron chi connectivity index (χ4n) is 2.04. The number of benzene rings is 1. The molecule has 21 heavy (non-hydrogen) atoms. The molecule has 1 aromatic carbocycles. The first-order chi connectivity index (χ1) is 9.86. The molecule has 0 radical (unpaired) electrons. The molecule has 120 valence electrons. The summed E-state index contributed by atoms with van der Waals surface area (Å²) in [7, 11) is -2.08. The standard InChI is InChI=1S/C14H23NO5S/c1-11-9-13(10-12(2)14(11)21(15,16)17)20-6-4-5-19-8-7-18-3/h9-10H,4-8H2,1-3H3,(H2,15,16,17). The van der Waals surface area contributed by atoms with Gasteiger partial charge in [-0.25, -0.2) is 13.6 Å². The summed E-state index contributed by atoms with van der Waals surface area (Å²) in [5.74, 6) is 0.634. The lowest BCUT2D eigenvalue weighted by Crippen LogP contribution is -2.15. The minimum atomic E-state index is -3.71. The van der Waals surface area contributed by atoms with Crippen molar-refractivity contribution in [2.45, 2.75) is 25.2 Å². The van der Waals surface area contributed by atoms with E-state index in [0.717, 1.165) is 6.42 Å². The third-order valence-corrected chi connectivity index (χ3v) is 4.06. The highest BCUT2D eigenvalue weighted by molar-refractivity contribution is 7.89. The number of ether oxygens (including phenoxy) is 3. The van der Waals surface area contributed by atoms with Gasteiger partial charge in [0.25, 0.3) is 0 Å². The van der Waals surface area contributed by atoms with Crippen LogP contribution in [0.4, 0.5) is 0 Å². The van der Waals surface area contributed by atoms with E-state index in [4.69, 9.17) is 19.3 Å². The molecule has 0 saturated carbocycles. The smallest absolute Gasteiger partial charge is 0.238 e. The van der Waals surface area contributed by atoms with Crippen LogP contribution in [0.15, 0.2) is 17.0 Å². The fraction of sp³-hybridized carbons (Fsp3) is 0.571. The minimum absolute atomic E-state index is 0.165. The molecule has 6 nitrogen and oxygen atoms in total. The number of rotatable bonds is 9. The second-order valence-electron chi connectivity index (χ2n) is 4.74. The van der Waals surface area contributed by atoms with Crippen LogP contribution in [0.2, 0.25) is 0 Å². The van der Waals surface area contributed by atoms with Crippen LogP contribution in [0.5, 0.6) is 5.75 Å². The van der Waals surface area contributed by atoms with Crippen molar-refractivity contribution in [1.29, 1.82) is 0 Å². The molecular formula is C14H23NO5S. The van der Waals surface area contributed by atoms with Crippen molar-refractivity contribution >= 4 is 10.0 Å². The largest absolute Gasteiger partial charge is 0.493 e. The lowest BCUT2D eigenvalue weighted by atomic mass is 10.1. The SMILES string of the molecule is COCCOCCCOc1cc(C)c(S(N)(=O)=O)c(C)c1. The van der Waals surface area contributed by atoms with Gasteiger partial charge in [-0.2, -0.15) is 0 Å². The molecule has 0 atom stereocenters. The number of hydrogen-bond acceptors (Lipinski definition) is 5. The lowest BCUT2D eigenvalue weighted by molar-refractivity contribution is 0.0644. The average Bonchev–Trinajstić information content (AvgIpc) is 2.35. The lowest BCUT2D eigenvalue weighted by Gasteiger charge is -2.12. The molecule has 0 unspecified atom stereocenters. The summed E-state index contributed by atoms with van der Waals surface area (Å²) >= 11 is 0. The molecule has 0 spiro atoms. The zero-order valence-electron chi connectivity index (χ0n) is 12.7. The Kier molecular flexibility index (Phi) is 7.10. The highest BCUT2D eigenvalue weighted by atomic mass is 32.2. The van der Waals surface area contributed by atoms with Gasteiger partial charge in [0, 0.05) is 20.1 Å². The van der Waals surface area contributed by atoms with Gasteiger partial charge in [-0.05, 0) is 37.1 Å². The van der Waals surface area contributed by atoms with E-state index in [1.165, 1.54) is 0 Å². The second-order valence-corrected chi connectivity index (χ2v) is 6.24. The van der Waals surface area contributed by atoms with Crippen molar-refractivity contribution in [2.24, 2.45) is 5.14 Å². The number of aryl methyl sites for hydroxylation is 2. The van der Waals surface area contributed by atoms with Crippen LogP contribution in [-0.4, -0.2) is 42.0 Å². The van der Waals surface area contributed by atoms with E-state index < -0.39 is 10.0 Å². The predicted molar refractivity (Wildman–Crippen MR) is 80.1 cm³/mol. The molecule has 0 aromatic heterocycles. The van der Waals surface area contributed by atoms with E-state index in [9.17, 15) is 8.42 Å². The van der Waals surface area contributed by atoms with Crippen molar-refractivity contribution in [3.8, 4) is 5.75 Å². The molecule has 7 heteroatoms. The topological polar surface area (TPSA) is 87.8 Å². The molecule has 0 aliphatic heterocycles. The Hall–Kier alpha value is -1.15. The summed E-state index contributed by atoms with van der Waals surface area (Å²) in [4.78, 5) is 0.165. The van der Waals surface area contributed by atoms with Gasteiger partial charge in [-0.3, -0.25) is 0 Å². The normalized spacial score (nSPS) is 11.6. The van der Waals surface area contributed by atoms with E-state index in [1.54, 1.807) is 33.1 Å². The van der Waals surface area contributed by atoms with E-state index >= 15 is 0 Å². The molecule has 0 fully saturated rings. The van der Waals surface area contributed by atoms with Gasteiger partial charge in [-0.15, -0.1) is 0 Å². The maximum Gasteiger partial charge on any atom is 0.238 e. The summed E-state index contributed by atoms with van der Waals surface area (Å²) < 4.78 is 38.7.